The Morgan fingerprint density at radius 3 is 1.20 bits per heavy atom. The van der Waals surface area contributed by atoms with Gasteiger partial charge in [0, 0.05) is 77.5 Å². The van der Waals surface area contributed by atoms with Gasteiger partial charge in [-0.25, -0.2) is 0 Å². The minimum absolute atomic E-state index is 0. The predicted molar refractivity (Wildman–Crippen MR) is 147 cm³/mol. The molecule has 0 radical (unpaired) electrons. The van der Waals surface area contributed by atoms with Gasteiger partial charge >= 0.3 is 0 Å². The Morgan fingerprint density at radius 2 is 0.914 bits per heavy atom. The first-order valence-electron chi connectivity index (χ1n) is 13.2. The van der Waals surface area contributed by atoms with Crippen LogP contribution in [0.4, 0.5) is 0 Å². The van der Waals surface area contributed by atoms with Crippen LogP contribution in [0.2, 0.25) is 0 Å². The average molecular weight is 503 g/mol. The Bertz CT molecular complexity index is 786. The maximum atomic E-state index is 4.61. The van der Waals surface area contributed by atoms with E-state index in [1.807, 2.05) is 0 Å². The molecule has 4 aliphatic heterocycles. The van der Waals surface area contributed by atoms with Crippen LogP contribution >= 0.6 is 12.4 Å². The Labute approximate surface area is 217 Å². The maximum absolute atomic E-state index is 4.61. The van der Waals surface area contributed by atoms with Crippen LogP contribution in [0.3, 0.4) is 0 Å². The van der Waals surface area contributed by atoms with E-state index >= 15 is 0 Å². The van der Waals surface area contributed by atoms with Crippen LogP contribution in [0, 0.1) is 0 Å². The van der Waals surface area contributed by atoms with Crippen molar-refractivity contribution < 1.29 is 0 Å². The lowest BCUT2D eigenvalue weighted by atomic mass is 10.1. The molecule has 35 heavy (non-hydrogen) atoms. The highest BCUT2D eigenvalue weighted by molar-refractivity contribution is 5.86. The number of hydrogen-bond donors (Lipinski definition) is 2. The molecule has 0 aliphatic carbocycles. The molecule has 9 heteroatoms. The predicted octanol–water partition coefficient (Wildman–Crippen LogP) is 1.12. The van der Waals surface area contributed by atoms with Gasteiger partial charge in [-0.1, -0.05) is 24.3 Å². The van der Waals surface area contributed by atoms with Gasteiger partial charge in [0.1, 0.15) is 11.7 Å². The number of aliphatic imine (C=N–C) groups is 2. The number of rotatable bonds is 8. The fourth-order valence-electron chi connectivity index (χ4n) is 5.34. The molecule has 0 aromatic heterocycles. The van der Waals surface area contributed by atoms with Crippen LogP contribution in [0.25, 0.3) is 0 Å². The lowest BCUT2D eigenvalue weighted by molar-refractivity contribution is 0.138. The van der Waals surface area contributed by atoms with Gasteiger partial charge < -0.3 is 10.6 Å². The summed E-state index contributed by atoms with van der Waals surface area (Å²) >= 11 is 0. The largest absolute Gasteiger partial charge is 0.368 e. The number of piperazine rings is 2. The second kappa shape index (κ2) is 12.5. The number of amidine groups is 2. The highest BCUT2D eigenvalue weighted by Gasteiger charge is 2.22. The molecule has 2 atom stereocenters. The van der Waals surface area contributed by atoms with Crippen molar-refractivity contribution in [1.82, 2.24) is 30.2 Å². The molecular weight excluding hydrogens is 460 g/mol. The number of nitrogens with one attached hydrogen (secondary N) is 2. The second-order valence-corrected chi connectivity index (χ2v) is 10.6. The Morgan fingerprint density at radius 1 is 0.600 bits per heavy atom. The van der Waals surface area contributed by atoms with Crippen molar-refractivity contribution in [3.05, 3.63) is 35.4 Å². The smallest absolute Gasteiger partial charge is 0.111 e. The van der Waals surface area contributed by atoms with Crippen LogP contribution in [0.1, 0.15) is 25.0 Å². The molecule has 5 rings (SSSR count). The van der Waals surface area contributed by atoms with Gasteiger partial charge in [-0.15, -0.1) is 12.4 Å². The molecular formula is C26H43ClN8. The van der Waals surface area contributed by atoms with Gasteiger partial charge in [-0.3, -0.25) is 29.6 Å². The third-order valence-corrected chi connectivity index (χ3v) is 7.45. The molecule has 194 valence electrons. The summed E-state index contributed by atoms with van der Waals surface area (Å²) in [4.78, 5) is 19.5. The number of hydrogen-bond acceptors (Lipinski definition) is 8. The first-order valence-corrected chi connectivity index (χ1v) is 13.2. The maximum Gasteiger partial charge on any atom is 0.111 e. The highest BCUT2D eigenvalue weighted by Crippen LogP contribution is 2.13. The fourth-order valence-corrected chi connectivity index (χ4v) is 5.34. The van der Waals surface area contributed by atoms with E-state index in [1.165, 1.54) is 22.8 Å². The molecule has 2 fully saturated rings. The third kappa shape index (κ3) is 7.64. The van der Waals surface area contributed by atoms with Gasteiger partial charge in [0.2, 0.25) is 0 Å². The van der Waals surface area contributed by atoms with Crippen LogP contribution < -0.4 is 10.6 Å². The monoisotopic (exact) mass is 502 g/mol. The third-order valence-electron chi connectivity index (χ3n) is 7.45. The minimum atomic E-state index is 0. The number of benzene rings is 1. The standard InChI is InChI=1S/C26H42N8.ClH/c1-21-15-27-25(29-21)19-33-11-7-31(8-12-33)17-23-3-5-24(6-4-23)18-32-9-13-34(14-10-32)20-26-28-16-22(2)30-26;/h3-6,21-22H,7-20H2,1-2H3,(H,27,29)(H,28,30);1H. The van der Waals surface area contributed by atoms with Crippen LogP contribution in [0.15, 0.2) is 34.3 Å². The average Bonchev–Trinajstić information content (AvgIpc) is 3.45. The van der Waals surface area contributed by atoms with Crippen molar-refractivity contribution >= 4 is 24.1 Å². The summed E-state index contributed by atoms with van der Waals surface area (Å²) in [5, 5.41) is 6.97. The van der Waals surface area contributed by atoms with Crippen LogP contribution in [0.5, 0.6) is 0 Å². The molecule has 0 bridgehead atoms. The molecule has 4 heterocycles. The zero-order valence-corrected chi connectivity index (χ0v) is 22.3. The topological polar surface area (TPSA) is 61.7 Å². The highest BCUT2D eigenvalue weighted by atomic mass is 35.5. The molecule has 4 aliphatic rings. The fraction of sp³-hybridized carbons (Fsp3) is 0.692. The molecule has 2 N–H and O–H groups in total. The van der Waals surface area contributed by atoms with Crippen molar-refractivity contribution in [2.75, 3.05) is 78.5 Å². The zero-order chi connectivity index (χ0) is 23.3. The van der Waals surface area contributed by atoms with Crippen molar-refractivity contribution in [2.24, 2.45) is 9.98 Å². The lowest BCUT2D eigenvalue weighted by Gasteiger charge is -2.35. The molecule has 0 saturated carbocycles. The van der Waals surface area contributed by atoms with E-state index in [0.717, 1.165) is 91.6 Å². The summed E-state index contributed by atoms with van der Waals surface area (Å²) in [5.74, 6) is 2.35. The van der Waals surface area contributed by atoms with E-state index in [2.05, 4.69) is 78.3 Å². The molecule has 2 saturated heterocycles. The number of halogens is 1. The van der Waals surface area contributed by atoms with Crippen molar-refractivity contribution in [3.8, 4) is 0 Å². The Balaban J connectivity index is 0.00000289. The second-order valence-electron chi connectivity index (χ2n) is 10.6. The van der Waals surface area contributed by atoms with E-state index in [4.69, 9.17) is 0 Å². The SMILES string of the molecule is CC1CN=C(CN2CCN(Cc3ccc(CN4CCN(CC5=NCC(C)N5)CC4)cc3)CC2)N1.Cl. The summed E-state index contributed by atoms with van der Waals surface area (Å²) in [6, 6.07) is 10.3. The van der Waals surface area contributed by atoms with E-state index in [1.54, 1.807) is 0 Å². The minimum Gasteiger partial charge on any atom is -0.368 e. The molecule has 0 spiro atoms. The normalized spacial score (nSPS) is 26.6. The van der Waals surface area contributed by atoms with Gasteiger partial charge in [-0.05, 0) is 25.0 Å². The van der Waals surface area contributed by atoms with Gasteiger partial charge in [0.05, 0.1) is 26.2 Å². The van der Waals surface area contributed by atoms with E-state index in [0.29, 0.717) is 12.1 Å². The summed E-state index contributed by atoms with van der Waals surface area (Å²) in [6.07, 6.45) is 0. The molecule has 1 aromatic rings. The molecule has 8 nitrogen and oxygen atoms in total. The first-order chi connectivity index (χ1) is 16.6. The number of nitrogens with zero attached hydrogens (tertiary/aromatic N) is 6. The van der Waals surface area contributed by atoms with Crippen LogP contribution in [-0.4, -0.2) is 122 Å². The zero-order valence-electron chi connectivity index (χ0n) is 21.5. The first kappa shape index (κ1) is 26.4. The van der Waals surface area contributed by atoms with E-state index < -0.39 is 0 Å². The lowest BCUT2D eigenvalue weighted by Crippen LogP contribution is -2.49. The summed E-state index contributed by atoms with van der Waals surface area (Å²) < 4.78 is 0. The summed E-state index contributed by atoms with van der Waals surface area (Å²) in [7, 11) is 0. The summed E-state index contributed by atoms with van der Waals surface area (Å²) in [5.41, 5.74) is 2.86. The Hall–Kier alpha value is -1.71. The van der Waals surface area contributed by atoms with Gasteiger partial charge in [0.25, 0.3) is 0 Å². The van der Waals surface area contributed by atoms with Gasteiger partial charge in [0.15, 0.2) is 0 Å². The summed E-state index contributed by atoms with van der Waals surface area (Å²) in [6.45, 7) is 19.4. The Kier molecular flexibility index (Phi) is 9.41. The van der Waals surface area contributed by atoms with Crippen molar-refractivity contribution in [3.63, 3.8) is 0 Å². The van der Waals surface area contributed by atoms with E-state index in [-0.39, 0.29) is 12.4 Å². The van der Waals surface area contributed by atoms with Gasteiger partial charge in [-0.2, -0.15) is 0 Å². The van der Waals surface area contributed by atoms with Crippen molar-refractivity contribution in [2.45, 2.75) is 39.0 Å². The van der Waals surface area contributed by atoms with Crippen molar-refractivity contribution in [1.29, 1.82) is 0 Å². The molecule has 1 aromatic carbocycles. The van der Waals surface area contributed by atoms with Crippen LogP contribution in [-0.2, 0) is 13.1 Å². The molecule has 2 unspecified atom stereocenters. The van der Waals surface area contributed by atoms with E-state index in [9.17, 15) is 0 Å². The molecule has 0 amide bonds. The quantitative estimate of drug-likeness (QED) is 0.555.